The third-order valence-corrected chi connectivity index (χ3v) is 5.28. The Hall–Kier alpha value is -2.63. The van der Waals surface area contributed by atoms with Gasteiger partial charge in [0.05, 0.1) is 5.69 Å². The Morgan fingerprint density at radius 1 is 1.19 bits per heavy atom. The zero-order chi connectivity index (χ0) is 19.3. The molecule has 1 aliphatic rings. The second-order valence-corrected chi connectivity index (χ2v) is 7.48. The number of aryl methyl sites for hydroxylation is 2. The quantitative estimate of drug-likeness (QED) is 0.682. The molecule has 1 aromatic carbocycles. The lowest BCUT2D eigenvalue weighted by molar-refractivity contribution is -0.115. The molecule has 2 aromatic heterocycles. The summed E-state index contributed by atoms with van der Waals surface area (Å²) in [6.45, 7) is 7.75. The van der Waals surface area contributed by atoms with Crippen LogP contribution in [0.1, 0.15) is 42.5 Å². The lowest BCUT2D eigenvalue weighted by Crippen LogP contribution is -2.47. The Kier molecular flexibility index (Phi) is 4.09. The van der Waals surface area contributed by atoms with E-state index in [4.69, 9.17) is 4.74 Å². The molecule has 0 saturated heterocycles. The van der Waals surface area contributed by atoms with Crippen LogP contribution in [0.5, 0.6) is 5.75 Å². The predicted octanol–water partition coefficient (Wildman–Crippen LogP) is 3.60. The molecule has 3 heterocycles. The highest BCUT2D eigenvalue weighted by molar-refractivity contribution is 5.64. The van der Waals surface area contributed by atoms with Crippen molar-refractivity contribution in [2.75, 3.05) is 0 Å². The van der Waals surface area contributed by atoms with E-state index in [0.717, 1.165) is 22.5 Å². The van der Waals surface area contributed by atoms with Gasteiger partial charge in [0.2, 0.25) is 0 Å². The van der Waals surface area contributed by atoms with Crippen LogP contribution < -0.4 is 4.74 Å². The van der Waals surface area contributed by atoms with Crippen LogP contribution in [0.2, 0.25) is 0 Å². The minimum Gasteiger partial charge on any atom is -0.479 e. The van der Waals surface area contributed by atoms with Gasteiger partial charge in [-0.05, 0) is 45.4 Å². The minimum absolute atomic E-state index is 0.507. The van der Waals surface area contributed by atoms with Crippen LogP contribution in [-0.2, 0) is 5.60 Å². The summed E-state index contributed by atoms with van der Waals surface area (Å²) in [7, 11) is 0. The highest BCUT2D eigenvalue weighted by Gasteiger charge is 2.48. The van der Waals surface area contributed by atoms with Crippen LogP contribution in [0.3, 0.4) is 0 Å². The highest BCUT2D eigenvalue weighted by Crippen LogP contribution is 2.47. The van der Waals surface area contributed by atoms with Gasteiger partial charge in [0.25, 0.3) is 0 Å². The molecule has 0 bridgehead atoms. The molecule has 2 N–H and O–H groups in total. The van der Waals surface area contributed by atoms with Crippen molar-refractivity contribution in [1.82, 2.24) is 9.38 Å². The van der Waals surface area contributed by atoms with Crippen LogP contribution in [0.4, 0.5) is 0 Å². The molecule has 27 heavy (non-hydrogen) atoms. The number of hydrogen-bond donors (Lipinski definition) is 2. The summed E-state index contributed by atoms with van der Waals surface area (Å²) in [5, 5.41) is 22.7. The summed E-state index contributed by atoms with van der Waals surface area (Å²) >= 11 is 0. The smallest absolute Gasteiger partial charge is 0.180 e. The van der Waals surface area contributed by atoms with Gasteiger partial charge in [-0.1, -0.05) is 35.9 Å². The summed E-state index contributed by atoms with van der Waals surface area (Å²) in [6, 6.07) is 11.3. The Morgan fingerprint density at radius 2 is 1.89 bits per heavy atom. The van der Waals surface area contributed by atoms with Crippen LogP contribution in [0, 0.1) is 13.8 Å². The van der Waals surface area contributed by atoms with Crippen LogP contribution in [0.25, 0.3) is 5.65 Å². The Bertz CT molecular complexity index is 1030. The van der Waals surface area contributed by atoms with Gasteiger partial charge in [-0.2, -0.15) is 0 Å². The molecule has 0 amide bonds. The molecule has 3 aromatic rings. The number of aliphatic hydroxyl groups excluding tert-OH is 1. The van der Waals surface area contributed by atoms with Gasteiger partial charge in [-0.25, -0.2) is 4.98 Å². The summed E-state index contributed by atoms with van der Waals surface area (Å²) < 4.78 is 8.22. The first-order chi connectivity index (χ1) is 12.8. The van der Waals surface area contributed by atoms with E-state index in [1.807, 2.05) is 68.6 Å². The first-order valence-electron chi connectivity index (χ1n) is 9.09. The van der Waals surface area contributed by atoms with Crippen molar-refractivity contribution in [2.24, 2.45) is 0 Å². The number of benzene rings is 1. The topological polar surface area (TPSA) is 67.0 Å². The molecule has 140 valence electrons. The van der Waals surface area contributed by atoms with Gasteiger partial charge in [0.15, 0.2) is 17.5 Å². The maximum absolute atomic E-state index is 11.6. The second-order valence-electron chi connectivity index (χ2n) is 7.48. The predicted molar refractivity (Wildman–Crippen MR) is 104 cm³/mol. The van der Waals surface area contributed by atoms with Gasteiger partial charge in [0.1, 0.15) is 11.7 Å². The molecule has 0 aliphatic carbocycles. The van der Waals surface area contributed by atoms with Crippen molar-refractivity contribution in [1.29, 1.82) is 0 Å². The molecule has 1 aliphatic heterocycles. The number of nitrogens with zero attached hydrogens (tertiary/aromatic N) is 2. The maximum atomic E-state index is 11.6. The number of ether oxygens (including phenoxy) is 1. The molecule has 0 saturated carbocycles. The fourth-order valence-electron chi connectivity index (χ4n) is 3.82. The number of rotatable bonds is 2. The largest absolute Gasteiger partial charge is 0.479 e. The number of pyridine rings is 1. The molecular weight excluding hydrogens is 340 g/mol. The standard InChI is InChI=1S/C22H24N2O3/c1-13(2)12-22(26)17-10-11-24-15(4)14(3)23-21(24)19(17)27-18(20(22)25)16-8-6-5-7-9-16/h5-12,18,20,25-26H,1-4H3/t18-,20-,22+/m1/s1. The zero-order valence-corrected chi connectivity index (χ0v) is 16.0. The molecule has 0 unspecified atom stereocenters. The third kappa shape index (κ3) is 2.66. The molecule has 5 heteroatoms. The number of fused-ring (bicyclic) bond motifs is 3. The molecular formula is C22H24N2O3. The average molecular weight is 364 g/mol. The fraction of sp³-hybridized carbons (Fsp3) is 0.318. The Balaban J connectivity index is 2.01. The number of aliphatic hydroxyl groups is 2. The first kappa shape index (κ1) is 17.8. The van der Waals surface area contributed by atoms with Gasteiger partial charge < -0.3 is 19.4 Å². The van der Waals surface area contributed by atoms with Crippen molar-refractivity contribution >= 4 is 5.65 Å². The maximum Gasteiger partial charge on any atom is 0.180 e. The van der Waals surface area contributed by atoms with Gasteiger partial charge in [-0.15, -0.1) is 0 Å². The SMILES string of the molecule is CC(C)=C[C@]1(O)c2ccn3c(C)c(C)nc3c2O[C@H](c2ccccc2)[C@H]1O. The van der Waals surface area contributed by atoms with Crippen molar-refractivity contribution in [2.45, 2.75) is 45.5 Å². The molecule has 5 nitrogen and oxygen atoms in total. The lowest BCUT2D eigenvalue weighted by Gasteiger charge is -2.41. The number of allylic oxidation sites excluding steroid dienone is 1. The third-order valence-electron chi connectivity index (χ3n) is 5.28. The van der Waals surface area contributed by atoms with E-state index in [0.29, 0.717) is 17.0 Å². The molecule has 3 atom stereocenters. The first-order valence-corrected chi connectivity index (χ1v) is 9.09. The number of imidazole rings is 1. The van der Waals surface area contributed by atoms with Gasteiger partial charge >= 0.3 is 0 Å². The fourth-order valence-corrected chi connectivity index (χ4v) is 3.82. The lowest BCUT2D eigenvalue weighted by atomic mass is 9.80. The van der Waals surface area contributed by atoms with Gasteiger partial charge in [-0.3, -0.25) is 0 Å². The van der Waals surface area contributed by atoms with Crippen LogP contribution in [0.15, 0.2) is 54.2 Å². The van der Waals surface area contributed by atoms with Crippen LogP contribution >= 0.6 is 0 Å². The van der Waals surface area contributed by atoms with E-state index in [9.17, 15) is 10.2 Å². The minimum atomic E-state index is -1.57. The van der Waals surface area contributed by atoms with E-state index in [-0.39, 0.29) is 0 Å². The second kappa shape index (κ2) is 6.22. The van der Waals surface area contributed by atoms with E-state index >= 15 is 0 Å². The van der Waals surface area contributed by atoms with Crippen LogP contribution in [-0.4, -0.2) is 25.7 Å². The van der Waals surface area contributed by atoms with E-state index < -0.39 is 17.8 Å². The molecule has 0 fully saturated rings. The molecule has 4 rings (SSSR count). The zero-order valence-electron chi connectivity index (χ0n) is 16.0. The van der Waals surface area contributed by atoms with Crippen molar-refractivity contribution in [3.8, 4) is 5.75 Å². The normalized spacial score (nSPS) is 24.4. The Labute approximate surface area is 158 Å². The number of hydrogen-bond acceptors (Lipinski definition) is 4. The summed E-state index contributed by atoms with van der Waals surface area (Å²) in [4.78, 5) is 4.65. The van der Waals surface area contributed by atoms with E-state index in [2.05, 4.69) is 4.98 Å². The summed E-state index contributed by atoms with van der Waals surface area (Å²) in [6.07, 6.45) is 1.71. The molecule has 0 radical (unpaired) electrons. The van der Waals surface area contributed by atoms with Crippen molar-refractivity contribution in [3.05, 3.63) is 76.8 Å². The summed E-state index contributed by atoms with van der Waals surface area (Å²) in [5.41, 5.74) is 3.24. The van der Waals surface area contributed by atoms with E-state index in [1.54, 1.807) is 12.1 Å². The summed E-state index contributed by atoms with van der Waals surface area (Å²) in [5.74, 6) is 0.507. The highest BCUT2D eigenvalue weighted by atomic mass is 16.5. The number of aromatic nitrogens is 2. The van der Waals surface area contributed by atoms with Gasteiger partial charge in [0, 0.05) is 17.5 Å². The van der Waals surface area contributed by atoms with Crippen molar-refractivity contribution < 1.29 is 14.9 Å². The monoisotopic (exact) mass is 364 g/mol. The Morgan fingerprint density at radius 3 is 2.56 bits per heavy atom. The van der Waals surface area contributed by atoms with E-state index in [1.165, 1.54) is 0 Å². The average Bonchev–Trinajstić information content (AvgIpc) is 2.93. The molecule has 0 spiro atoms. The van der Waals surface area contributed by atoms with Crippen molar-refractivity contribution in [3.63, 3.8) is 0 Å².